The Morgan fingerprint density at radius 2 is 1.91 bits per heavy atom. The Morgan fingerprint density at radius 3 is 2.55 bits per heavy atom. The van der Waals surface area contributed by atoms with Crippen LogP contribution in [0.3, 0.4) is 0 Å². The molecule has 2 saturated heterocycles. The fraction of sp³-hybridized carbons (Fsp3) is 0.750. The third kappa shape index (κ3) is 5.67. The van der Waals surface area contributed by atoms with Crippen LogP contribution in [0, 0.1) is 5.82 Å². The minimum Gasteiger partial charge on any atom is -0.449 e. The van der Waals surface area contributed by atoms with Crippen LogP contribution in [0.1, 0.15) is 46.3 Å². The number of hydrogen-bond donors (Lipinski definition) is 4. The molecular formula is C20H30FN3O9. The molecule has 0 aliphatic carbocycles. The van der Waals surface area contributed by atoms with E-state index < -0.39 is 72.6 Å². The van der Waals surface area contributed by atoms with E-state index in [4.69, 9.17) is 18.9 Å². The summed E-state index contributed by atoms with van der Waals surface area (Å²) in [6.07, 6.45) is -6.79. The van der Waals surface area contributed by atoms with Crippen molar-refractivity contribution >= 4 is 11.9 Å². The predicted molar refractivity (Wildman–Crippen MR) is 110 cm³/mol. The molecule has 33 heavy (non-hydrogen) atoms. The second-order valence-electron chi connectivity index (χ2n) is 8.11. The molecule has 2 fully saturated rings. The maximum absolute atomic E-state index is 14.5. The second-order valence-corrected chi connectivity index (χ2v) is 8.11. The Bertz CT molecular complexity index is 885. The average Bonchev–Trinajstić information content (AvgIpc) is 3.18. The highest BCUT2D eigenvalue weighted by Gasteiger charge is 2.49. The standard InChI is InChI=1S/C20H30FN3O9/c1-4-5-6-7-30-20(29)23-16-11(21)8-24(19(28)22-16)17-14(27)15(10(3)31-17)33-18-13(26)12(25)9(2)32-18/h8-10,12-15,17-18,25-27H,4-7H2,1-3H3,(H,22,23,28,29)/t9-,10-,12-,13+,14+,15-,17-,18-/m1/s1. The molecule has 2 aliphatic rings. The van der Waals surface area contributed by atoms with Crippen molar-refractivity contribution in [2.75, 3.05) is 11.9 Å². The molecule has 0 radical (unpaired) electrons. The summed E-state index contributed by atoms with van der Waals surface area (Å²) in [4.78, 5) is 27.8. The third-order valence-corrected chi connectivity index (χ3v) is 5.58. The first-order valence-electron chi connectivity index (χ1n) is 10.9. The van der Waals surface area contributed by atoms with E-state index in [0.29, 0.717) is 6.42 Å². The van der Waals surface area contributed by atoms with Crippen molar-refractivity contribution in [3.05, 3.63) is 22.5 Å². The van der Waals surface area contributed by atoms with E-state index in [0.717, 1.165) is 23.6 Å². The number of carbonyl (C=O) groups is 1. The molecule has 0 bridgehead atoms. The number of unbranched alkanes of at least 4 members (excludes halogenated alkanes) is 2. The molecule has 0 aromatic carbocycles. The lowest BCUT2D eigenvalue weighted by Crippen LogP contribution is -2.42. The van der Waals surface area contributed by atoms with Gasteiger partial charge in [0.2, 0.25) is 0 Å². The number of hydrogen-bond acceptors (Lipinski definition) is 10. The molecule has 3 heterocycles. The highest BCUT2D eigenvalue weighted by Crippen LogP contribution is 2.33. The van der Waals surface area contributed by atoms with Crippen molar-refractivity contribution in [3.63, 3.8) is 0 Å². The van der Waals surface area contributed by atoms with Crippen molar-refractivity contribution in [2.45, 2.75) is 89.2 Å². The number of carbonyl (C=O) groups excluding carboxylic acids is 1. The van der Waals surface area contributed by atoms with E-state index in [1.807, 2.05) is 6.92 Å². The molecule has 1 aromatic rings. The number of nitrogens with one attached hydrogen (secondary N) is 1. The van der Waals surface area contributed by atoms with Crippen molar-refractivity contribution < 1.29 is 43.5 Å². The summed E-state index contributed by atoms with van der Waals surface area (Å²) in [5, 5.41) is 32.6. The first-order chi connectivity index (χ1) is 15.6. The van der Waals surface area contributed by atoms with Crippen LogP contribution in [0.15, 0.2) is 11.0 Å². The minimum atomic E-state index is -1.45. The zero-order chi connectivity index (χ0) is 24.3. The Balaban J connectivity index is 1.67. The average molecular weight is 475 g/mol. The van der Waals surface area contributed by atoms with E-state index >= 15 is 0 Å². The Morgan fingerprint density at radius 1 is 1.18 bits per heavy atom. The zero-order valence-corrected chi connectivity index (χ0v) is 18.6. The second kappa shape index (κ2) is 10.8. The molecule has 0 unspecified atom stereocenters. The van der Waals surface area contributed by atoms with Crippen LogP contribution < -0.4 is 11.0 Å². The van der Waals surface area contributed by atoms with Gasteiger partial charge in [-0.15, -0.1) is 0 Å². The number of aliphatic hydroxyl groups is 3. The topological polar surface area (TPSA) is 162 Å². The molecule has 1 amide bonds. The predicted octanol–water partition coefficient (Wildman–Crippen LogP) is 0.251. The Hall–Kier alpha value is -2.16. The number of amides is 1. The van der Waals surface area contributed by atoms with Gasteiger partial charge in [0.1, 0.15) is 24.4 Å². The summed E-state index contributed by atoms with van der Waals surface area (Å²) in [5.74, 6) is -1.66. The molecular weight excluding hydrogens is 445 g/mol. The summed E-state index contributed by atoms with van der Waals surface area (Å²) in [5.41, 5.74) is -0.990. The summed E-state index contributed by atoms with van der Waals surface area (Å²) in [7, 11) is 0. The largest absolute Gasteiger partial charge is 0.449 e. The summed E-state index contributed by atoms with van der Waals surface area (Å²) < 4.78 is 36.7. The molecule has 186 valence electrons. The Kier molecular flexibility index (Phi) is 8.37. The summed E-state index contributed by atoms with van der Waals surface area (Å²) >= 11 is 0. The molecule has 4 N–H and O–H groups in total. The lowest BCUT2D eigenvalue weighted by Gasteiger charge is -2.24. The van der Waals surface area contributed by atoms with Crippen LogP contribution in [-0.4, -0.2) is 80.5 Å². The van der Waals surface area contributed by atoms with Crippen molar-refractivity contribution in [1.29, 1.82) is 0 Å². The molecule has 12 nitrogen and oxygen atoms in total. The zero-order valence-electron chi connectivity index (χ0n) is 18.6. The van der Waals surface area contributed by atoms with Gasteiger partial charge in [0, 0.05) is 0 Å². The summed E-state index contributed by atoms with van der Waals surface area (Å²) in [6, 6.07) is 0. The molecule has 0 spiro atoms. The van der Waals surface area contributed by atoms with Crippen LogP contribution in [0.2, 0.25) is 0 Å². The molecule has 8 atom stereocenters. The highest BCUT2D eigenvalue weighted by molar-refractivity contribution is 5.83. The smallest absolute Gasteiger partial charge is 0.412 e. The quantitative estimate of drug-likeness (QED) is 0.384. The molecule has 3 rings (SSSR count). The van der Waals surface area contributed by atoms with Gasteiger partial charge in [-0.3, -0.25) is 9.88 Å². The van der Waals surface area contributed by atoms with E-state index in [2.05, 4.69) is 10.3 Å². The van der Waals surface area contributed by atoms with Crippen molar-refractivity contribution in [3.8, 4) is 0 Å². The van der Waals surface area contributed by atoms with Gasteiger partial charge in [0.05, 0.1) is 25.0 Å². The lowest BCUT2D eigenvalue weighted by atomic mass is 10.1. The van der Waals surface area contributed by atoms with E-state index in [1.165, 1.54) is 0 Å². The van der Waals surface area contributed by atoms with Gasteiger partial charge >= 0.3 is 11.8 Å². The number of halogens is 1. The number of ether oxygens (including phenoxy) is 4. The molecule has 13 heteroatoms. The van der Waals surface area contributed by atoms with E-state index in [9.17, 15) is 29.3 Å². The monoisotopic (exact) mass is 475 g/mol. The van der Waals surface area contributed by atoms with Gasteiger partial charge in [-0.1, -0.05) is 19.8 Å². The Labute approximate surface area is 189 Å². The molecule has 0 saturated carbocycles. The minimum absolute atomic E-state index is 0.148. The van der Waals surface area contributed by atoms with Crippen molar-refractivity contribution in [2.24, 2.45) is 0 Å². The number of rotatable bonds is 8. The lowest BCUT2D eigenvalue weighted by molar-refractivity contribution is -0.207. The van der Waals surface area contributed by atoms with Crippen LogP contribution in [0.25, 0.3) is 0 Å². The fourth-order valence-corrected chi connectivity index (χ4v) is 3.68. The van der Waals surface area contributed by atoms with Gasteiger partial charge in [0.15, 0.2) is 24.2 Å². The van der Waals surface area contributed by atoms with Crippen molar-refractivity contribution in [1.82, 2.24) is 9.55 Å². The van der Waals surface area contributed by atoms with Gasteiger partial charge in [0.25, 0.3) is 0 Å². The molecule has 1 aromatic heterocycles. The number of nitrogens with zero attached hydrogens (tertiary/aromatic N) is 2. The third-order valence-electron chi connectivity index (χ3n) is 5.58. The summed E-state index contributed by atoms with van der Waals surface area (Å²) in [6.45, 7) is 5.24. The SMILES string of the molecule is CCCCCOC(=O)Nc1nc(=O)n([C@@H]2O[C@H](C)[C@@H](O[C@H]3O[C@H](C)[C@@H](O)[C@@H]3O)[C@@H]2O)cc1F. The first-order valence-corrected chi connectivity index (χ1v) is 10.9. The highest BCUT2D eigenvalue weighted by atomic mass is 19.1. The van der Waals surface area contributed by atoms with Gasteiger partial charge in [-0.2, -0.15) is 4.98 Å². The normalized spacial score (nSPS) is 33.9. The van der Waals surface area contributed by atoms with Crippen LogP contribution >= 0.6 is 0 Å². The maximum Gasteiger partial charge on any atom is 0.412 e. The van der Waals surface area contributed by atoms with E-state index in [1.54, 1.807) is 13.8 Å². The molecule has 2 aliphatic heterocycles. The van der Waals surface area contributed by atoms with Crippen LogP contribution in [0.4, 0.5) is 15.0 Å². The van der Waals surface area contributed by atoms with Crippen LogP contribution in [-0.2, 0) is 18.9 Å². The number of aliphatic hydroxyl groups excluding tert-OH is 3. The maximum atomic E-state index is 14.5. The van der Waals surface area contributed by atoms with Gasteiger partial charge in [-0.25, -0.2) is 14.0 Å². The first kappa shape index (κ1) is 25.5. The van der Waals surface area contributed by atoms with E-state index in [-0.39, 0.29) is 6.61 Å². The van der Waals surface area contributed by atoms with Gasteiger partial charge < -0.3 is 34.3 Å². The fourth-order valence-electron chi connectivity index (χ4n) is 3.68. The van der Waals surface area contributed by atoms with Crippen LogP contribution in [0.5, 0.6) is 0 Å². The number of anilines is 1. The van der Waals surface area contributed by atoms with Gasteiger partial charge in [-0.05, 0) is 20.3 Å². The number of aromatic nitrogens is 2.